The Bertz CT molecular complexity index is 1340. The Morgan fingerprint density at radius 1 is 0.921 bits per heavy atom. The minimum atomic E-state index is -5.08. The van der Waals surface area contributed by atoms with Crippen molar-refractivity contribution in [3.05, 3.63) is 89.5 Å². The normalized spacial score (nSPS) is 16.6. The second-order valence-electron chi connectivity index (χ2n) is 8.40. The lowest BCUT2D eigenvalue weighted by molar-refractivity contribution is -0.192. The van der Waals surface area contributed by atoms with Crippen molar-refractivity contribution in [1.82, 2.24) is 0 Å². The Balaban J connectivity index is 0.000000505. The molecule has 0 spiro atoms. The molecule has 6 nitrogen and oxygen atoms in total. The predicted octanol–water partition coefficient (Wildman–Crippen LogP) is 6.03. The zero-order chi connectivity index (χ0) is 28.3. The Kier molecular flexibility index (Phi) is 8.13. The van der Waals surface area contributed by atoms with Crippen LogP contribution in [0.3, 0.4) is 0 Å². The van der Waals surface area contributed by atoms with Crippen LogP contribution < -0.4 is 11.1 Å². The molecule has 2 atom stereocenters. The summed E-state index contributed by atoms with van der Waals surface area (Å²) in [7, 11) is 0. The van der Waals surface area contributed by atoms with Crippen LogP contribution in [0.25, 0.3) is 11.1 Å². The maximum atomic E-state index is 13.3. The molecule has 1 saturated carbocycles. The Hall–Kier alpha value is -4.35. The molecule has 3 aromatic rings. The van der Waals surface area contributed by atoms with Crippen LogP contribution in [0.4, 0.5) is 32.0 Å². The van der Waals surface area contributed by atoms with E-state index in [2.05, 4.69) is 5.32 Å². The molecular weight excluding hydrogens is 516 g/mol. The SMILES string of the molecule is N=C(N)c1cccc([C@H]2C[C@H]2C(=O)Nc2ccc(-c3ccccc3C(F)(F)F)cc2)c1.O=C(O)C(F)(F)F. The van der Waals surface area contributed by atoms with Crippen LogP contribution >= 0.6 is 0 Å². The third kappa shape index (κ3) is 7.11. The average Bonchev–Trinajstić information content (AvgIpc) is 3.65. The topological polar surface area (TPSA) is 116 Å². The number of carbonyl (C=O) groups excluding carboxylic acids is 1. The third-order valence-electron chi connectivity index (χ3n) is 5.69. The third-order valence-corrected chi connectivity index (χ3v) is 5.69. The fraction of sp³-hybridized carbons (Fsp3) is 0.192. The number of nitrogens with two attached hydrogens (primary N) is 1. The van der Waals surface area contributed by atoms with Crippen molar-refractivity contribution in [2.45, 2.75) is 24.7 Å². The molecule has 0 heterocycles. The molecule has 200 valence electrons. The zero-order valence-electron chi connectivity index (χ0n) is 19.4. The molecule has 1 aliphatic rings. The van der Waals surface area contributed by atoms with E-state index in [0.29, 0.717) is 23.2 Å². The highest BCUT2D eigenvalue weighted by molar-refractivity contribution is 5.96. The summed E-state index contributed by atoms with van der Waals surface area (Å²) in [5.41, 5.74) is 7.48. The molecule has 0 radical (unpaired) electrons. The van der Waals surface area contributed by atoms with Crippen LogP contribution in [0.15, 0.2) is 72.8 Å². The van der Waals surface area contributed by atoms with Crippen molar-refractivity contribution in [3.8, 4) is 11.1 Å². The first kappa shape index (κ1) is 28.2. The standard InChI is InChI=1S/C24H20F3N3O.C2HF3O2/c25-24(26,27)21-7-2-1-6-18(21)14-8-10-17(11-9-14)30-23(31)20-13-19(20)15-4-3-5-16(12-15)22(28)29;3-2(4,5)1(6)7/h1-12,19-20H,13H2,(H3,28,29)(H,30,31);(H,6,7)/t19-,20-;/m1./s1. The first-order chi connectivity index (χ1) is 17.7. The number of anilines is 1. The number of hydrogen-bond donors (Lipinski definition) is 4. The summed E-state index contributed by atoms with van der Waals surface area (Å²) < 4.78 is 71.5. The lowest BCUT2D eigenvalue weighted by Crippen LogP contribution is -2.21. The van der Waals surface area contributed by atoms with E-state index in [-0.39, 0.29) is 29.1 Å². The largest absolute Gasteiger partial charge is 0.490 e. The highest BCUT2D eigenvalue weighted by Gasteiger charge is 2.44. The first-order valence-corrected chi connectivity index (χ1v) is 11.0. The van der Waals surface area contributed by atoms with E-state index < -0.39 is 23.9 Å². The molecule has 0 aromatic heterocycles. The Morgan fingerprint density at radius 2 is 1.53 bits per heavy atom. The minimum absolute atomic E-state index is 0.0179. The van der Waals surface area contributed by atoms with Crippen LogP contribution in [0.5, 0.6) is 0 Å². The van der Waals surface area contributed by atoms with Gasteiger partial charge in [0, 0.05) is 17.2 Å². The summed E-state index contributed by atoms with van der Waals surface area (Å²) in [6.07, 6.45) is -8.83. The molecule has 3 aromatic carbocycles. The molecule has 38 heavy (non-hydrogen) atoms. The number of aliphatic carboxylic acids is 1. The molecule has 1 aliphatic carbocycles. The fourth-order valence-corrected chi connectivity index (χ4v) is 3.74. The van der Waals surface area contributed by atoms with E-state index in [9.17, 15) is 31.1 Å². The molecule has 0 aliphatic heterocycles. The molecule has 5 N–H and O–H groups in total. The monoisotopic (exact) mass is 537 g/mol. The smallest absolute Gasteiger partial charge is 0.475 e. The summed E-state index contributed by atoms with van der Waals surface area (Å²) in [6, 6.07) is 19.1. The maximum Gasteiger partial charge on any atom is 0.490 e. The number of carbonyl (C=O) groups is 2. The molecule has 0 unspecified atom stereocenters. The van der Waals surface area contributed by atoms with Crippen LogP contribution in [-0.4, -0.2) is 29.0 Å². The number of hydrogen-bond acceptors (Lipinski definition) is 3. The number of alkyl halides is 6. The molecule has 0 saturated heterocycles. The van der Waals surface area contributed by atoms with Crippen molar-refractivity contribution in [2.24, 2.45) is 11.7 Å². The van der Waals surface area contributed by atoms with Gasteiger partial charge >= 0.3 is 18.3 Å². The molecule has 1 amide bonds. The Labute approximate surface area is 212 Å². The van der Waals surface area contributed by atoms with Gasteiger partial charge in [0.15, 0.2) is 0 Å². The Morgan fingerprint density at radius 3 is 2.08 bits per heavy atom. The molecule has 4 rings (SSSR count). The number of carboxylic acids is 1. The molecular formula is C26H21F6N3O3. The average molecular weight is 537 g/mol. The van der Waals surface area contributed by atoms with Gasteiger partial charge < -0.3 is 16.2 Å². The van der Waals surface area contributed by atoms with E-state index in [1.165, 1.54) is 12.1 Å². The van der Waals surface area contributed by atoms with Gasteiger partial charge in [-0.05, 0) is 53.3 Å². The van der Waals surface area contributed by atoms with E-state index >= 15 is 0 Å². The van der Waals surface area contributed by atoms with Crippen molar-refractivity contribution < 1.29 is 41.0 Å². The van der Waals surface area contributed by atoms with E-state index in [1.807, 2.05) is 18.2 Å². The summed E-state index contributed by atoms with van der Waals surface area (Å²) in [5, 5.41) is 17.5. The number of amides is 1. The van der Waals surface area contributed by atoms with Gasteiger partial charge in [-0.15, -0.1) is 0 Å². The first-order valence-electron chi connectivity index (χ1n) is 11.0. The second kappa shape index (κ2) is 11.0. The quantitative estimate of drug-likeness (QED) is 0.181. The number of nitrogens with one attached hydrogen (secondary N) is 2. The van der Waals surface area contributed by atoms with Gasteiger partial charge in [0.25, 0.3) is 0 Å². The molecule has 12 heteroatoms. The van der Waals surface area contributed by atoms with E-state index in [0.717, 1.165) is 11.6 Å². The van der Waals surface area contributed by atoms with Gasteiger partial charge in [-0.25, -0.2) is 4.79 Å². The molecule has 0 bridgehead atoms. The van der Waals surface area contributed by atoms with Crippen LogP contribution in [0, 0.1) is 11.3 Å². The number of rotatable bonds is 5. The number of nitrogen functional groups attached to an aromatic ring is 1. The van der Waals surface area contributed by atoms with Gasteiger partial charge in [0.2, 0.25) is 5.91 Å². The van der Waals surface area contributed by atoms with E-state index in [1.54, 1.807) is 36.4 Å². The minimum Gasteiger partial charge on any atom is -0.475 e. The maximum absolute atomic E-state index is 13.3. The highest BCUT2D eigenvalue weighted by Crippen LogP contribution is 2.48. The van der Waals surface area contributed by atoms with Gasteiger partial charge in [-0.3, -0.25) is 10.2 Å². The summed E-state index contributed by atoms with van der Waals surface area (Å²) in [6.45, 7) is 0. The summed E-state index contributed by atoms with van der Waals surface area (Å²) in [4.78, 5) is 21.5. The number of benzene rings is 3. The predicted molar refractivity (Wildman–Crippen MR) is 128 cm³/mol. The van der Waals surface area contributed by atoms with Crippen molar-refractivity contribution >= 4 is 23.4 Å². The second-order valence-corrected chi connectivity index (χ2v) is 8.40. The van der Waals surface area contributed by atoms with Crippen molar-refractivity contribution in [2.75, 3.05) is 5.32 Å². The van der Waals surface area contributed by atoms with Crippen LogP contribution in [-0.2, 0) is 15.8 Å². The fourth-order valence-electron chi connectivity index (χ4n) is 3.74. The van der Waals surface area contributed by atoms with Gasteiger partial charge in [0.05, 0.1) is 5.56 Å². The van der Waals surface area contributed by atoms with Gasteiger partial charge in [-0.1, -0.05) is 48.5 Å². The van der Waals surface area contributed by atoms with E-state index in [4.69, 9.17) is 21.0 Å². The lowest BCUT2D eigenvalue weighted by atomic mass is 9.99. The lowest BCUT2D eigenvalue weighted by Gasteiger charge is -2.13. The zero-order valence-corrected chi connectivity index (χ0v) is 19.4. The van der Waals surface area contributed by atoms with Crippen LogP contribution in [0.2, 0.25) is 0 Å². The van der Waals surface area contributed by atoms with Gasteiger partial charge in [-0.2, -0.15) is 26.3 Å². The van der Waals surface area contributed by atoms with Crippen LogP contribution in [0.1, 0.15) is 29.0 Å². The van der Waals surface area contributed by atoms with Crippen molar-refractivity contribution in [3.63, 3.8) is 0 Å². The number of halogens is 6. The number of amidine groups is 1. The summed E-state index contributed by atoms with van der Waals surface area (Å²) >= 11 is 0. The highest BCUT2D eigenvalue weighted by atomic mass is 19.4. The molecule has 1 fully saturated rings. The van der Waals surface area contributed by atoms with Crippen molar-refractivity contribution in [1.29, 1.82) is 5.41 Å². The number of carboxylic acid groups (broad SMARTS) is 1. The summed E-state index contributed by atoms with van der Waals surface area (Å²) in [5.74, 6) is -3.03. The van der Waals surface area contributed by atoms with Gasteiger partial charge in [0.1, 0.15) is 5.84 Å².